The maximum Gasteiger partial charge on any atom is 0.326 e. The number of aryl methyl sites for hydroxylation is 1. The molecule has 0 spiro atoms. The number of ether oxygens (including phenoxy) is 2. The predicted octanol–water partition coefficient (Wildman–Crippen LogP) is 4.96. The number of fused-ring (bicyclic) bond motifs is 1. The molecule has 2 aromatic carbocycles. The molecule has 6 heteroatoms. The molecule has 0 fully saturated rings. The Bertz CT molecular complexity index is 867. The number of methoxy groups -OCH3 is 1. The molecular formula is C25H33N3O3. The van der Waals surface area contributed by atoms with Gasteiger partial charge in [-0.15, -0.1) is 6.58 Å². The molecule has 0 aliphatic carbocycles. The van der Waals surface area contributed by atoms with Crippen LogP contribution in [0.1, 0.15) is 24.8 Å². The van der Waals surface area contributed by atoms with E-state index in [0.717, 1.165) is 67.2 Å². The molecule has 1 N–H and O–H groups in total. The molecule has 31 heavy (non-hydrogen) atoms. The third kappa shape index (κ3) is 6.49. The van der Waals surface area contributed by atoms with Gasteiger partial charge in [-0.25, -0.2) is 4.79 Å². The molecule has 2 amide bonds. The third-order valence-corrected chi connectivity index (χ3v) is 5.40. The molecule has 0 aromatic heterocycles. The highest BCUT2D eigenvalue weighted by Crippen LogP contribution is 2.31. The summed E-state index contributed by atoms with van der Waals surface area (Å²) < 4.78 is 11.1. The lowest BCUT2D eigenvalue weighted by atomic mass is 10.0. The fourth-order valence-electron chi connectivity index (χ4n) is 3.73. The van der Waals surface area contributed by atoms with Crippen molar-refractivity contribution in [3.63, 3.8) is 0 Å². The summed E-state index contributed by atoms with van der Waals surface area (Å²) in [6, 6.07) is 13.3. The van der Waals surface area contributed by atoms with E-state index in [4.69, 9.17) is 9.47 Å². The van der Waals surface area contributed by atoms with E-state index in [-0.39, 0.29) is 6.03 Å². The summed E-state index contributed by atoms with van der Waals surface area (Å²) in [5.41, 5.74) is 2.85. The number of anilines is 2. The van der Waals surface area contributed by atoms with Crippen molar-refractivity contribution in [3.05, 3.63) is 60.7 Å². The zero-order valence-electron chi connectivity index (χ0n) is 18.6. The first-order chi connectivity index (χ1) is 15.1. The van der Waals surface area contributed by atoms with E-state index in [1.807, 2.05) is 47.4 Å². The minimum atomic E-state index is -0.122. The summed E-state index contributed by atoms with van der Waals surface area (Å²) in [7, 11) is 3.72. The lowest BCUT2D eigenvalue weighted by Crippen LogP contribution is -2.38. The molecule has 2 aromatic rings. The summed E-state index contributed by atoms with van der Waals surface area (Å²) in [6.45, 7) is 7.11. The number of amides is 2. The summed E-state index contributed by atoms with van der Waals surface area (Å²) in [4.78, 5) is 16.9. The Hall–Kier alpha value is -2.99. The van der Waals surface area contributed by atoms with Crippen molar-refractivity contribution in [1.82, 2.24) is 4.90 Å². The number of nitrogens with one attached hydrogen (secondary N) is 1. The zero-order chi connectivity index (χ0) is 22.1. The van der Waals surface area contributed by atoms with Crippen LogP contribution in [-0.4, -0.2) is 51.3 Å². The predicted molar refractivity (Wildman–Crippen MR) is 127 cm³/mol. The monoisotopic (exact) mass is 423 g/mol. The van der Waals surface area contributed by atoms with Crippen molar-refractivity contribution in [3.8, 4) is 11.5 Å². The van der Waals surface area contributed by atoms with Gasteiger partial charge in [-0.2, -0.15) is 0 Å². The number of unbranched alkanes of at least 4 members (excludes halogenated alkanes) is 1. The summed E-state index contributed by atoms with van der Waals surface area (Å²) >= 11 is 0. The summed E-state index contributed by atoms with van der Waals surface area (Å²) in [5.74, 6) is 1.63. The Morgan fingerprint density at radius 2 is 1.97 bits per heavy atom. The van der Waals surface area contributed by atoms with Gasteiger partial charge in [0.25, 0.3) is 0 Å². The van der Waals surface area contributed by atoms with Crippen molar-refractivity contribution in [2.45, 2.75) is 25.7 Å². The van der Waals surface area contributed by atoms with Crippen molar-refractivity contribution < 1.29 is 14.3 Å². The van der Waals surface area contributed by atoms with Crippen LogP contribution in [0.3, 0.4) is 0 Å². The van der Waals surface area contributed by atoms with Gasteiger partial charge in [0.05, 0.1) is 13.7 Å². The Balaban J connectivity index is 1.54. The number of nitrogens with zero attached hydrogens (tertiary/aromatic N) is 2. The van der Waals surface area contributed by atoms with E-state index >= 15 is 0 Å². The van der Waals surface area contributed by atoms with E-state index < -0.39 is 0 Å². The third-order valence-electron chi connectivity index (χ3n) is 5.40. The van der Waals surface area contributed by atoms with Crippen LogP contribution in [0.4, 0.5) is 16.2 Å². The average molecular weight is 424 g/mol. The largest absolute Gasteiger partial charge is 0.497 e. The van der Waals surface area contributed by atoms with Gasteiger partial charge in [0.2, 0.25) is 0 Å². The number of rotatable bonds is 10. The topological polar surface area (TPSA) is 54.0 Å². The Morgan fingerprint density at radius 1 is 1.19 bits per heavy atom. The van der Waals surface area contributed by atoms with E-state index in [1.54, 1.807) is 7.11 Å². The lowest BCUT2D eigenvalue weighted by Gasteiger charge is -2.30. The zero-order valence-corrected chi connectivity index (χ0v) is 18.6. The normalized spacial score (nSPS) is 12.9. The first-order valence-corrected chi connectivity index (χ1v) is 10.9. The minimum Gasteiger partial charge on any atom is -0.497 e. The number of carbonyl (C=O) groups excluding carboxylic acids is 1. The van der Waals surface area contributed by atoms with Gasteiger partial charge in [0, 0.05) is 24.5 Å². The number of hydrogen-bond donors (Lipinski definition) is 1. The number of carbonyl (C=O) groups is 1. The number of likely N-dealkylation sites (N-methyl/N-ethyl adjacent to an activating group) is 1. The molecule has 0 atom stereocenters. The van der Waals surface area contributed by atoms with Gasteiger partial charge in [-0.05, 0) is 87.3 Å². The number of urea groups is 1. The Labute approximate surface area is 185 Å². The summed E-state index contributed by atoms with van der Waals surface area (Å²) in [5, 5.41) is 2.97. The standard InChI is InChI=1S/C25H33N3O3/c1-4-15-27(2)16-5-6-18-31-23-13-14-24-20(19-23)8-7-17-28(24)25(29)26-21-9-11-22(30-3)12-10-21/h4,9-14,19H,1,5-8,15-18H2,2-3H3,(H,26,29). The van der Waals surface area contributed by atoms with Crippen LogP contribution in [0, 0.1) is 0 Å². The molecule has 0 radical (unpaired) electrons. The van der Waals surface area contributed by atoms with Crippen LogP contribution in [-0.2, 0) is 6.42 Å². The highest BCUT2D eigenvalue weighted by molar-refractivity contribution is 6.02. The SMILES string of the molecule is C=CCN(C)CCCCOc1ccc2c(c1)CCCN2C(=O)Nc1ccc(OC)cc1. The molecule has 6 nitrogen and oxygen atoms in total. The van der Waals surface area contributed by atoms with Gasteiger partial charge < -0.3 is 19.7 Å². The maximum absolute atomic E-state index is 12.9. The molecule has 1 heterocycles. The highest BCUT2D eigenvalue weighted by atomic mass is 16.5. The first kappa shape index (κ1) is 22.7. The van der Waals surface area contributed by atoms with Gasteiger partial charge in [-0.3, -0.25) is 4.90 Å². The molecule has 0 saturated heterocycles. The van der Waals surface area contributed by atoms with Gasteiger partial charge in [0.15, 0.2) is 0 Å². The van der Waals surface area contributed by atoms with Gasteiger partial charge in [-0.1, -0.05) is 6.08 Å². The van der Waals surface area contributed by atoms with Crippen molar-refractivity contribution >= 4 is 17.4 Å². The van der Waals surface area contributed by atoms with E-state index in [1.165, 1.54) is 0 Å². The van der Waals surface area contributed by atoms with Crippen molar-refractivity contribution in [1.29, 1.82) is 0 Å². The molecule has 166 valence electrons. The molecule has 0 saturated carbocycles. The Morgan fingerprint density at radius 3 is 2.71 bits per heavy atom. The maximum atomic E-state index is 12.9. The van der Waals surface area contributed by atoms with Crippen LogP contribution in [0.2, 0.25) is 0 Å². The van der Waals surface area contributed by atoms with Crippen LogP contribution in [0.5, 0.6) is 11.5 Å². The van der Waals surface area contributed by atoms with E-state index in [9.17, 15) is 4.79 Å². The fourth-order valence-corrected chi connectivity index (χ4v) is 3.73. The fraction of sp³-hybridized carbons (Fsp3) is 0.400. The van der Waals surface area contributed by atoms with Crippen LogP contribution >= 0.6 is 0 Å². The average Bonchev–Trinajstić information content (AvgIpc) is 2.79. The molecular weight excluding hydrogens is 390 g/mol. The second kappa shape index (κ2) is 11.4. The smallest absolute Gasteiger partial charge is 0.326 e. The second-order valence-corrected chi connectivity index (χ2v) is 7.81. The number of benzene rings is 2. The lowest BCUT2D eigenvalue weighted by molar-refractivity contribution is 0.256. The molecule has 0 bridgehead atoms. The first-order valence-electron chi connectivity index (χ1n) is 10.9. The molecule has 1 aliphatic rings. The molecule has 0 unspecified atom stereocenters. The van der Waals surface area contributed by atoms with Crippen LogP contribution in [0.15, 0.2) is 55.1 Å². The van der Waals surface area contributed by atoms with Crippen molar-refractivity contribution in [2.24, 2.45) is 0 Å². The van der Waals surface area contributed by atoms with Crippen LogP contribution in [0.25, 0.3) is 0 Å². The molecule has 3 rings (SSSR count). The Kier molecular flexibility index (Phi) is 8.35. The van der Waals surface area contributed by atoms with E-state index in [0.29, 0.717) is 13.2 Å². The van der Waals surface area contributed by atoms with Gasteiger partial charge >= 0.3 is 6.03 Å². The summed E-state index contributed by atoms with van der Waals surface area (Å²) in [6.07, 6.45) is 5.90. The second-order valence-electron chi connectivity index (χ2n) is 7.81. The number of hydrogen-bond acceptors (Lipinski definition) is 4. The van der Waals surface area contributed by atoms with Crippen molar-refractivity contribution in [2.75, 3.05) is 50.6 Å². The van der Waals surface area contributed by atoms with E-state index in [2.05, 4.69) is 29.9 Å². The quantitative estimate of drug-likeness (QED) is 0.434. The highest BCUT2D eigenvalue weighted by Gasteiger charge is 2.23. The minimum absolute atomic E-state index is 0.122. The molecule has 1 aliphatic heterocycles. The van der Waals surface area contributed by atoms with Crippen LogP contribution < -0.4 is 19.7 Å². The van der Waals surface area contributed by atoms with Gasteiger partial charge in [0.1, 0.15) is 11.5 Å².